The molecule has 0 bridgehead atoms. The van der Waals surface area contributed by atoms with E-state index in [2.05, 4.69) is 0 Å². The lowest BCUT2D eigenvalue weighted by Gasteiger charge is -2.39. The van der Waals surface area contributed by atoms with E-state index in [1.807, 2.05) is 4.90 Å². The first-order valence-electron chi connectivity index (χ1n) is 9.06. The molecule has 0 radical (unpaired) electrons. The van der Waals surface area contributed by atoms with Gasteiger partial charge < -0.3 is 20.6 Å². The van der Waals surface area contributed by atoms with Crippen molar-refractivity contribution in [2.45, 2.75) is 38.1 Å². The van der Waals surface area contributed by atoms with Crippen LogP contribution < -0.4 is 5.73 Å². The number of carbonyl (C=O) groups excluding carboxylic acids is 2. The largest absolute Gasteiger partial charge is 0.480 e. The van der Waals surface area contributed by atoms with E-state index in [0.717, 1.165) is 25.7 Å². The third-order valence-corrected chi connectivity index (χ3v) is 6.92. The zero-order valence-corrected chi connectivity index (χ0v) is 15.3. The van der Waals surface area contributed by atoms with Gasteiger partial charge in [0, 0.05) is 25.6 Å². The van der Waals surface area contributed by atoms with Gasteiger partial charge in [-0.2, -0.15) is 0 Å². The van der Waals surface area contributed by atoms with E-state index in [0.29, 0.717) is 36.6 Å². The maximum absolute atomic E-state index is 12.9. The van der Waals surface area contributed by atoms with E-state index >= 15 is 0 Å². The molecule has 3 heterocycles. The Morgan fingerprint density at radius 2 is 1.92 bits per heavy atom. The Balaban J connectivity index is 1.49. The second-order valence-electron chi connectivity index (χ2n) is 7.80. The maximum Gasteiger partial charge on any atom is 0.326 e. The Bertz CT molecular complexity index is 749. The summed E-state index contributed by atoms with van der Waals surface area (Å²) in [6.45, 7) is 1.74. The summed E-state index contributed by atoms with van der Waals surface area (Å²) in [5.41, 5.74) is 6.04. The predicted octanol–water partition coefficient (Wildman–Crippen LogP) is 1.65. The van der Waals surface area contributed by atoms with Crippen LogP contribution in [-0.2, 0) is 9.59 Å². The number of amides is 2. The van der Waals surface area contributed by atoms with Crippen LogP contribution in [0.25, 0.3) is 0 Å². The fourth-order valence-corrected chi connectivity index (χ4v) is 5.04. The van der Waals surface area contributed by atoms with Crippen LogP contribution in [0.1, 0.15) is 41.8 Å². The van der Waals surface area contributed by atoms with Gasteiger partial charge >= 0.3 is 5.97 Å². The zero-order valence-electron chi connectivity index (χ0n) is 14.5. The van der Waals surface area contributed by atoms with Crippen molar-refractivity contribution in [1.82, 2.24) is 9.80 Å². The molecule has 3 N–H and O–H groups in total. The molecule has 1 aromatic rings. The molecular formula is C18H23N3O4S. The Hall–Kier alpha value is -2.09. The number of nitrogen functional groups attached to an aromatic ring is 1. The van der Waals surface area contributed by atoms with Gasteiger partial charge in [-0.25, -0.2) is 4.79 Å². The highest BCUT2D eigenvalue weighted by molar-refractivity contribution is 7.12. The molecular weight excluding hydrogens is 354 g/mol. The Morgan fingerprint density at radius 3 is 2.46 bits per heavy atom. The molecule has 4 rings (SSSR count). The smallest absolute Gasteiger partial charge is 0.326 e. The highest BCUT2D eigenvalue weighted by atomic mass is 32.1. The molecule has 1 saturated carbocycles. The number of rotatable bonds is 3. The molecule has 1 aromatic heterocycles. The molecule has 3 aliphatic rings. The minimum absolute atomic E-state index is 0.208. The molecule has 1 aliphatic carbocycles. The lowest BCUT2D eigenvalue weighted by molar-refractivity contribution is -0.141. The van der Waals surface area contributed by atoms with E-state index in [4.69, 9.17) is 5.73 Å². The van der Waals surface area contributed by atoms with E-state index in [-0.39, 0.29) is 23.1 Å². The van der Waals surface area contributed by atoms with Gasteiger partial charge in [0.25, 0.3) is 5.91 Å². The van der Waals surface area contributed by atoms with Crippen LogP contribution in [0.15, 0.2) is 11.4 Å². The molecule has 140 valence electrons. The van der Waals surface area contributed by atoms with Crippen molar-refractivity contribution in [1.29, 1.82) is 0 Å². The number of nitrogens with zero attached hydrogens (tertiary/aromatic N) is 2. The standard InChI is InChI=1S/C18H23N3O4S/c19-12-3-8-26-14(12)16(23)21-10-18(9-13(21)17(24)25)4-6-20(7-5-18)15(22)11-1-2-11/h3,8,11,13H,1-2,4-7,9-10,19H2,(H,24,25)/t13-/m1/s1. The highest BCUT2D eigenvalue weighted by Crippen LogP contribution is 2.45. The molecule has 2 aliphatic heterocycles. The summed E-state index contributed by atoms with van der Waals surface area (Å²) in [6.07, 6.45) is 3.93. The first-order chi connectivity index (χ1) is 12.4. The van der Waals surface area contributed by atoms with E-state index in [1.165, 1.54) is 16.2 Å². The van der Waals surface area contributed by atoms with Crippen LogP contribution in [0.5, 0.6) is 0 Å². The Morgan fingerprint density at radius 1 is 1.23 bits per heavy atom. The SMILES string of the molecule is Nc1ccsc1C(=O)N1CC2(CCN(C(=O)C3CC3)CC2)C[C@@H]1C(=O)O. The number of likely N-dealkylation sites (tertiary alicyclic amines) is 2. The van der Waals surface area contributed by atoms with Gasteiger partial charge in [0.2, 0.25) is 5.91 Å². The molecule has 2 saturated heterocycles. The van der Waals surface area contributed by atoms with Gasteiger partial charge in [-0.15, -0.1) is 11.3 Å². The monoisotopic (exact) mass is 377 g/mol. The number of carboxylic acid groups (broad SMARTS) is 1. The quantitative estimate of drug-likeness (QED) is 0.833. The number of anilines is 1. The number of hydrogen-bond acceptors (Lipinski definition) is 5. The normalized spacial score (nSPS) is 24.8. The third kappa shape index (κ3) is 2.96. The van der Waals surface area contributed by atoms with Gasteiger partial charge in [0.1, 0.15) is 10.9 Å². The zero-order chi connectivity index (χ0) is 18.5. The van der Waals surface area contributed by atoms with Crippen molar-refractivity contribution in [3.05, 3.63) is 16.3 Å². The molecule has 0 aromatic carbocycles. The van der Waals surface area contributed by atoms with Crippen LogP contribution in [0.2, 0.25) is 0 Å². The Kier molecular flexibility index (Phi) is 4.17. The van der Waals surface area contributed by atoms with Crippen LogP contribution >= 0.6 is 11.3 Å². The van der Waals surface area contributed by atoms with E-state index in [1.54, 1.807) is 11.4 Å². The number of carbonyl (C=O) groups is 3. The molecule has 1 atom stereocenters. The van der Waals surface area contributed by atoms with Crippen molar-refractivity contribution in [2.75, 3.05) is 25.4 Å². The molecule has 26 heavy (non-hydrogen) atoms. The summed E-state index contributed by atoms with van der Waals surface area (Å²) in [7, 11) is 0. The number of hydrogen-bond donors (Lipinski definition) is 2. The second kappa shape index (κ2) is 6.26. The van der Waals surface area contributed by atoms with Gasteiger partial charge in [0.05, 0.1) is 5.69 Å². The van der Waals surface area contributed by atoms with Crippen molar-refractivity contribution in [3.63, 3.8) is 0 Å². The predicted molar refractivity (Wildman–Crippen MR) is 96.8 cm³/mol. The number of nitrogens with two attached hydrogens (primary N) is 1. The van der Waals surface area contributed by atoms with Gasteiger partial charge in [-0.05, 0) is 49.0 Å². The van der Waals surface area contributed by atoms with Crippen molar-refractivity contribution in [3.8, 4) is 0 Å². The van der Waals surface area contributed by atoms with Crippen LogP contribution in [0, 0.1) is 11.3 Å². The van der Waals surface area contributed by atoms with E-state index < -0.39 is 12.0 Å². The summed E-state index contributed by atoms with van der Waals surface area (Å²) in [6, 6.07) is 0.844. The summed E-state index contributed by atoms with van der Waals surface area (Å²) in [4.78, 5) is 40.7. The number of thiophene rings is 1. The maximum atomic E-state index is 12.9. The molecule has 1 spiro atoms. The number of carboxylic acids is 1. The highest BCUT2D eigenvalue weighted by Gasteiger charge is 2.51. The minimum atomic E-state index is -0.971. The molecule has 7 nitrogen and oxygen atoms in total. The molecule has 0 unspecified atom stereocenters. The summed E-state index contributed by atoms with van der Waals surface area (Å²) in [5, 5.41) is 11.4. The summed E-state index contributed by atoms with van der Waals surface area (Å²) < 4.78 is 0. The minimum Gasteiger partial charge on any atom is -0.480 e. The van der Waals surface area contributed by atoms with Gasteiger partial charge in [-0.1, -0.05) is 0 Å². The molecule has 8 heteroatoms. The van der Waals surface area contributed by atoms with Crippen LogP contribution in [0.3, 0.4) is 0 Å². The summed E-state index contributed by atoms with van der Waals surface area (Å²) >= 11 is 1.25. The number of piperidine rings is 1. The lowest BCUT2D eigenvalue weighted by atomic mass is 9.76. The first kappa shape index (κ1) is 17.3. The second-order valence-corrected chi connectivity index (χ2v) is 8.71. The Labute approximate surface area is 155 Å². The fraction of sp³-hybridized carbons (Fsp3) is 0.611. The third-order valence-electron chi connectivity index (χ3n) is 6.01. The fourth-order valence-electron chi connectivity index (χ4n) is 4.27. The lowest BCUT2D eigenvalue weighted by Crippen LogP contribution is -2.45. The number of aliphatic carboxylic acids is 1. The van der Waals surface area contributed by atoms with Crippen molar-refractivity contribution < 1.29 is 19.5 Å². The molecule has 2 amide bonds. The van der Waals surface area contributed by atoms with Crippen molar-refractivity contribution >= 4 is 34.8 Å². The average Bonchev–Trinajstić information content (AvgIpc) is 3.28. The van der Waals surface area contributed by atoms with Crippen LogP contribution in [0.4, 0.5) is 5.69 Å². The topological polar surface area (TPSA) is 104 Å². The average molecular weight is 377 g/mol. The van der Waals surface area contributed by atoms with Crippen LogP contribution in [-0.4, -0.2) is 58.4 Å². The van der Waals surface area contributed by atoms with E-state index in [9.17, 15) is 19.5 Å². The molecule has 3 fully saturated rings. The summed E-state index contributed by atoms with van der Waals surface area (Å²) in [5.74, 6) is -0.814. The van der Waals surface area contributed by atoms with Crippen molar-refractivity contribution in [2.24, 2.45) is 11.3 Å². The van der Waals surface area contributed by atoms with Gasteiger partial charge in [-0.3, -0.25) is 9.59 Å². The van der Waals surface area contributed by atoms with Gasteiger partial charge in [0.15, 0.2) is 0 Å². The first-order valence-corrected chi connectivity index (χ1v) is 9.94.